The quantitative estimate of drug-likeness (QED) is 0.576. The van der Waals surface area contributed by atoms with Gasteiger partial charge in [-0.25, -0.2) is 13.1 Å². The van der Waals surface area contributed by atoms with Crippen LogP contribution in [0.2, 0.25) is 0 Å². The molecule has 0 saturated carbocycles. The number of tetrazole rings is 1. The van der Waals surface area contributed by atoms with Gasteiger partial charge in [-0.3, -0.25) is 4.68 Å². The van der Waals surface area contributed by atoms with E-state index in [9.17, 15) is 8.42 Å². The van der Waals surface area contributed by atoms with Gasteiger partial charge in [0.15, 0.2) is 5.82 Å². The summed E-state index contributed by atoms with van der Waals surface area (Å²) in [5, 5.41) is 20.1. The summed E-state index contributed by atoms with van der Waals surface area (Å²) in [5.74, 6) is 0.274. The van der Waals surface area contributed by atoms with E-state index in [1.807, 2.05) is 7.05 Å². The van der Waals surface area contributed by atoms with Gasteiger partial charge in [-0.15, -0.1) is 10.2 Å². The normalized spacial score (nSPS) is 13.5. The average molecular weight is 300 g/mol. The lowest BCUT2D eigenvalue weighted by Gasteiger charge is -2.08. The predicted octanol–water partition coefficient (Wildman–Crippen LogP) is -1.34. The van der Waals surface area contributed by atoms with Gasteiger partial charge in [0, 0.05) is 12.7 Å². The Morgan fingerprint density at radius 2 is 2.30 bits per heavy atom. The van der Waals surface area contributed by atoms with E-state index in [0.717, 1.165) is 0 Å². The van der Waals surface area contributed by atoms with Crippen molar-refractivity contribution >= 4 is 10.0 Å². The first kappa shape index (κ1) is 14.6. The van der Waals surface area contributed by atoms with Crippen LogP contribution in [0, 0.1) is 0 Å². The van der Waals surface area contributed by atoms with Crippen molar-refractivity contribution in [2.24, 2.45) is 0 Å². The Morgan fingerprint density at radius 3 is 2.95 bits per heavy atom. The number of nitrogens with zero attached hydrogens (tertiary/aromatic N) is 5. The molecule has 0 aliphatic heterocycles. The maximum atomic E-state index is 12.2. The highest BCUT2D eigenvalue weighted by molar-refractivity contribution is 7.89. The van der Waals surface area contributed by atoms with Gasteiger partial charge in [-0.2, -0.15) is 10.3 Å². The highest BCUT2D eigenvalue weighted by Gasteiger charge is 2.22. The van der Waals surface area contributed by atoms with Crippen molar-refractivity contribution < 1.29 is 8.42 Å². The Morgan fingerprint density at radius 1 is 1.50 bits per heavy atom. The van der Waals surface area contributed by atoms with Gasteiger partial charge in [0.2, 0.25) is 10.0 Å². The van der Waals surface area contributed by atoms with Crippen LogP contribution < -0.4 is 10.0 Å². The molecule has 0 amide bonds. The molecule has 0 aliphatic rings. The molecule has 1 unspecified atom stereocenters. The minimum atomic E-state index is -3.67. The van der Waals surface area contributed by atoms with Gasteiger partial charge in [-0.05, 0) is 14.0 Å². The molecular formula is C9H16N8O2S. The van der Waals surface area contributed by atoms with E-state index < -0.39 is 16.1 Å². The first-order valence-electron chi connectivity index (χ1n) is 5.95. The zero-order chi connectivity index (χ0) is 14.6. The van der Waals surface area contributed by atoms with E-state index in [4.69, 9.17) is 0 Å². The lowest BCUT2D eigenvalue weighted by molar-refractivity contribution is 0.558. The molecule has 110 valence electrons. The number of rotatable bonds is 7. The molecule has 2 heterocycles. The third-order valence-electron chi connectivity index (χ3n) is 2.59. The number of H-pyrrole nitrogens is 1. The fraction of sp³-hybridized carbons (Fsp3) is 0.556. The molecule has 3 N–H and O–H groups in total. The molecule has 0 bridgehead atoms. The fourth-order valence-corrected chi connectivity index (χ4v) is 2.69. The summed E-state index contributed by atoms with van der Waals surface area (Å²) in [6, 6.07) is -0.584. The summed E-state index contributed by atoms with van der Waals surface area (Å²) >= 11 is 0. The molecule has 1 atom stereocenters. The number of likely N-dealkylation sites (N-methyl/N-ethyl adjacent to an activating group) is 1. The molecule has 20 heavy (non-hydrogen) atoms. The largest absolute Gasteiger partial charge is 0.318 e. The first-order chi connectivity index (χ1) is 9.53. The number of hydrogen-bond acceptors (Lipinski definition) is 7. The van der Waals surface area contributed by atoms with Crippen molar-refractivity contribution in [1.29, 1.82) is 0 Å². The molecule has 0 radical (unpaired) electrons. The van der Waals surface area contributed by atoms with Crippen LogP contribution in [0.4, 0.5) is 0 Å². The summed E-state index contributed by atoms with van der Waals surface area (Å²) < 4.78 is 28.3. The van der Waals surface area contributed by atoms with Gasteiger partial charge in [0.1, 0.15) is 4.90 Å². The van der Waals surface area contributed by atoms with E-state index in [-0.39, 0.29) is 10.7 Å². The lowest BCUT2D eigenvalue weighted by atomic mass is 10.4. The van der Waals surface area contributed by atoms with Crippen molar-refractivity contribution in [2.45, 2.75) is 24.4 Å². The smallest absolute Gasteiger partial charge is 0.244 e. The predicted molar refractivity (Wildman–Crippen MR) is 69.1 cm³/mol. The van der Waals surface area contributed by atoms with Gasteiger partial charge >= 0.3 is 0 Å². The molecule has 2 aromatic rings. The molecular weight excluding hydrogens is 284 g/mol. The van der Waals surface area contributed by atoms with Crippen LogP contribution in [0.1, 0.15) is 18.8 Å². The Labute approximate surface area is 116 Å². The van der Waals surface area contributed by atoms with E-state index >= 15 is 0 Å². The molecule has 0 fully saturated rings. The third-order valence-corrected chi connectivity index (χ3v) is 4.09. The van der Waals surface area contributed by atoms with E-state index in [0.29, 0.717) is 13.1 Å². The van der Waals surface area contributed by atoms with Crippen LogP contribution in [0.15, 0.2) is 17.3 Å². The second-order valence-corrected chi connectivity index (χ2v) is 5.87. The minimum Gasteiger partial charge on any atom is -0.318 e. The molecule has 0 saturated heterocycles. The molecule has 11 heteroatoms. The average Bonchev–Trinajstić information content (AvgIpc) is 3.07. The van der Waals surface area contributed by atoms with Crippen molar-refractivity contribution in [3.8, 4) is 0 Å². The van der Waals surface area contributed by atoms with Gasteiger partial charge in [-0.1, -0.05) is 5.21 Å². The summed E-state index contributed by atoms with van der Waals surface area (Å²) in [7, 11) is -1.85. The Hall–Kier alpha value is -1.85. The minimum absolute atomic E-state index is 0.101. The molecule has 0 aliphatic carbocycles. The van der Waals surface area contributed by atoms with Crippen molar-refractivity contribution in [3.63, 3.8) is 0 Å². The zero-order valence-corrected chi connectivity index (χ0v) is 11.9. The second-order valence-electron chi connectivity index (χ2n) is 4.16. The van der Waals surface area contributed by atoms with Gasteiger partial charge < -0.3 is 5.32 Å². The molecule has 0 aromatic carbocycles. The highest BCUT2D eigenvalue weighted by Crippen LogP contribution is 2.12. The lowest BCUT2D eigenvalue weighted by Crippen LogP contribution is -2.27. The van der Waals surface area contributed by atoms with Crippen LogP contribution in [0.25, 0.3) is 0 Å². The third kappa shape index (κ3) is 3.37. The highest BCUT2D eigenvalue weighted by atomic mass is 32.2. The topological polar surface area (TPSA) is 130 Å². The summed E-state index contributed by atoms with van der Waals surface area (Å²) in [5.41, 5.74) is 0. The van der Waals surface area contributed by atoms with Crippen LogP contribution in [0.5, 0.6) is 0 Å². The number of hydrogen-bond donors (Lipinski definition) is 3. The molecule has 2 aromatic heterocycles. The molecule has 2 rings (SSSR count). The van der Waals surface area contributed by atoms with Gasteiger partial charge in [0.25, 0.3) is 0 Å². The molecule has 10 nitrogen and oxygen atoms in total. The van der Waals surface area contributed by atoms with E-state index in [2.05, 4.69) is 35.8 Å². The monoisotopic (exact) mass is 300 g/mol. The summed E-state index contributed by atoms with van der Waals surface area (Å²) in [6.07, 6.45) is 2.78. The summed E-state index contributed by atoms with van der Waals surface area (Å²) in [4.78, 5) is 0.101. The van der Waals surface area contributed by atoms with E-state index in [1.165, 1.54) is 12.4 Å². The SMILES string of the molecule is CNCCn1cc(S(=O)(=O)NC(C)c2nn[nH]n2)cn1. The van der Waals surface area contributed by atoms with Crippen LogP contribution >= 0.6 is 0 Å². The second kappa shape index (κ2) is 6.07. The van der Waals surface area contributed by atoms with Gasteiger partial charge in [0.05, 0.1) is 18.8 Å². The maximum absolute atomic E-state index is 12.2. The maximum Gasteiger partial charge on any atom is 0.244 e. The number of nitrogens with one attached hydrogen (secondary N) is 3. The van der Waals surface area contributed by atoms with Crippen molar-refractivity contribution in [1.82, 2.24) is 40.4 Å². The van der Waals surface area contributed by atoms with E-state index in [1.54, 1.807) is 11.6 Å². The van der Waals surface area contributed by atoms with Crippen molar-refractivity contribution in [3.05, 3.63) is 18.2 Å². The number of sulfonamides is 1. The first-order valence-corrected chi connectivity index (χ1v) is 7.44. The summed E-state index contributed by atoms with van der Waals surface area (Å²) in [6.45, 7) is 2.92. The standard InChI is InChI=1S/C9H16N8O2S/c1-7(9-12-15-16-13-9)14-20(18,19)8-5-11-17(6-8)4-3-10-2/h5-7,10,14H,3-4H2,1-2H3,(H,12,13,15,16). The number of aromatic amines is 1. The zero-order valence-electron chi connectivity index (χ0n) is 11.1. The van der Waals surface area contributed by atoms with Crippen LogP contribution in [-0.2, 0) is 16.6 Å². The Balaban J connectivity index is 2.08. The number of aromatic nitrogens is 6. The van der Waals surface area contributed by atoms with Crippen LogP contribution in [0.3, 0.4) is 0 Å². The van der Waals surface area contributed by atoms with Crippen molar-refractivity contribution in [2.75, 3.05) is 13.6 Å². The molecule has 0 spiro atoms. The fourth-order valence-electron chi connectivity index (χ4n) is 1.54. The van der Waals surface area contributed by atoms with Crippen LogP contribution in [-0.4, -0.2) is 52.4 Å². The Bertz CT molecular complexity index is 635. The Kier molecular flexibility index (Phi) is 4.42.